The summed E-state index contributed by atoms with van der Waals surface area (Å²) in [4.78, 5) is 3.72. The topological polar surface area (TPSA) is 30.7 Å². The van der Waals surface area contributed by atoms with Crippen molar-refractivity contribution in [2.75, 3.05) is 0 Å². The Hall–Kier alpha value is -1.64. The van der Waals surface area contributed by atoms with Crippen molar-refractivity contribution in [3.8, 4) is 0 Å². The van der Waals surface area contributed by atoms with Crippen LogP contribution in [0.5, 0.6) is 0 Å². The maximum atomic E-state index is 13.9. The Labute approximate surface area is 120 Å². The van der Waals surface area contributed by atoms with E-state index in [9.17, 15) is 22.0 Å². The fourth-order valence-electron chi connectivity index (χ4n) is 2.29. The highest BCUT2D eigenvalue weighted by Crippen LogP contribution is 2.40. The average Bonchev–Trinajstić information content (AvgIpc) is 2.93. The van der Waals surface area contributed by atoms with E-state index in [1.165, 1.54) is 6.07 Å². The summed E-state index contributed by atoms with van der Waals surface area (Å²) in [6.07, 6.45) is -1.53. The quantitative estimate of drug-likeness (QED) is 0.635. The third-order valence-corrected chi connectivity index (χ3v) is 3.73. The normalized spacial score (nSPS) is 21.0. The summed E-state index contributed by atoms with van der Waals surface area (Å²) >= 11 is 0.110. The minimum atomic E-state index is -2.71. The third kappa shape index (κ3) is 2.61. The van der Waals surface area contributed by atoms with E-state index in [0.717, 1.165) is 16.8 Å². The minimum absolute atomic E-state index is 0.0416. The van der Waals surface area contributed by atoms with E-state index in [4.69, 9.17) is 0 Å². The Kier molecular flexibility index (Phi) is 3.60. The van der Waals surface area contributed by atoms with E-state index in [1.54, 1.807) is 0 Å². The van der Waals surface area contributed by atoms with Crippen LogP contribution in [0.1, 0.15) is 30.0 Å². The van der Waals surface area contributed by atoms with Crippen LogP contribution < -0.4 is 0 Å². The molecule has 1 aliphatic heterocycles. The van der Waals surface area contributed by atoms with Crippen molar-refractivity contribution in [2.45, 2.75) is 29.5 Å². The first-order chi connectivity index (χ1) is 9.95. The monoisotopic (exact) mass is 321 g/mol. The smallest absolute Gasteiger partial charge is 0.239 e. The molecule has 21 heavy (non-hydrogen) atoms. The standard InChI is InChI=1S/C12H8F5N3S/c13-6-2-1-5(3-7(6)14)9-4-8(15)10-18-12(19-20(9)10)21-11(16)17/h1-3,8-9,11H,4H2/t8-,9-/m0/s1. The largest absolute Gasteiger partial charge is 0.291 e. The molecule has 0 fully saturated rings. The maximum absolute atomic E-state index is 13.9. The highest BCUT2D eigenvalue weighted by molar-refractivity contribution is 7.99. The van der Waals surface area contributed by atoms with Gasteiger partial charge in [0.05, 0.1) is 6.04 Å². The summed E-state index contributed by atoms with van der Waals surface area (Å²) in [6, 6.07) is 2.50. The van der Waals surface area contributed by atoms with Crippen LogP contribution in [0.2, 0.25) is 0 Å². The van der Waals surface area contributed by atoms with Gasteiger partial charge in [-0.3, -0.25) is 0 Å². The van der Waals surface area contributed by atoms with Gasteiger partial charge < -0.3 is 0 Å². The molecule has 0 bridgehead atoms. The Balaban J connectivity index is 1.96. The molecule has 2 atom stereocenters. The zero-order chi connectivity index (χ0) is 15.1. The lowest BCUT2D eigenvalue weighted by atomic mass is 10.0. The van der Waals surface area contributed by atoms with Crippen molar-refractivity contribution >= 4 is 11.8 Å². The van der Waals surface area contributed by atoms with Gasteiger partial charge in [-0.05, 0) is 29.5 Å². The van der Waals surface area contributed by atoms with Gasteiger partial charge >= 0.3 is 0 Å². The molecule has 0 saturated heterocycles. The van der Waals surface area contributed by atoms with Crippen molar-refractivity contribution in [3.05, 3.63) is 41.2 Å². The van der Waals surface area contributed by atoms with Gasteiger partial charge in [0.15, 0.2) is 23.6 Å². The number of aromatic nitrogens is 3. The van der Waals surface area contributed by atoms with E-state index in [0.29, 0.717) is 5.56 Å². The van der Waals surface area contributed by atoms with Crippen LogP contribution in [0.4, 0.5) is 22.0 Å². The number of thioether (sulfide) groups is 1. The molecule has 1 aliphatic rings. The number of rotatable bonds is 3. The number of hydrogen-bond acceptors (Lipinski definition) is 3. The second kappa shape index (κ2) is 5.28. The first kappa shape index (κ1) is 14.3. The number of nitrogens with zero attached hydrogens (tertiary/aromatic N) is 3. The van der Waals surface area contributed by atoms with Gasteiger partial charge in [-0.15, -0.1) is 5.10 Å². The molecule has 112 valence electrons. The third-order valence-electron chi connectivity index (χ3n) is 3.17. The van der Waals surface area contributed by atoms with Gasteiger partial charge in [-0.1, -0.05) is 6.07 Å². The van der Waals surface area contributed by atoms with Crippen molar-refractivity contribution in [1.82, 2.24) is 14.8 Å². The maximum Gasteiger partial charge on any atom is 0.291 e. The molecule has 9 heteroatoms. The number of alkyl halides is 3. The highest BCUT2D eigenvalue weighted by atomic mass is 32.2. The lowest BCUT2D eigenvalue weighted by molar-refractivity contribution is 0.251. The molecule has 3 nitrogen and oxygen atoms in total. The highest BCUT2D eigenvalue weighted by Gasteiger charge is 2.36. The number of fused-ring (bicyclic) bond motifs is 1. The number of benzene rings is 1. The zero-order valence-corrected chi connectivity index (χ0v) is 11.1. The second-order valence-corrected chi connectivity index (χ2v) is 5.43. The average molecular weight is 321 g/mol. The van der Waals surface area contributed by atoms with E-state index in [-0.39, 0.29) is 29.2 Å². The van der Waals surface area contributed by atoms with Gasteiger partial charge in [0.25, 0.3) is 5.76 Å². The Morgan fingerprint density at radius 2 is 2.00 bits per heavy atom. The van der Waals surface area contributed by atoms with Crippen molar-refractivity contribution in [3.63, 3.8) is 0 Å². The van der Waals surface area contributed by atoms with E-state index >= 15 is 0 Å². The lowest BCUT2D eigenvalue weighted by Crippen LogP contribution is -2.08. The van der Waals surface area contributed by atoms with Crippen molar-refractivity contribution in [2.24, 2.45) is 0 Å². The molecule has 2 heterocycles. The first-order valence-corrected chi connectivity index (χ1v) is 6.84. The predicted octanol–water partition coefficient (Wildman–Crippen LogP) is 3.87. The molecule has 0 radical (unpaired) electrons. The Bertz CT molecular complexity index is 675. The predicted molar refractivity (Wildman–Crippen MR) is 64.8 cm³/mol. The molecule has 1 aromatic heterocycles. The van der Waals surface area contributed by atoms with Gasteiger partial charge in [-0.2, -0.15) is 8.78 Å². The molecule has 3 rings (SSSR count). The van der Waals surface area contributed by atoms with Crippen LogP contribution in [-0.4, -0.2) is 20.5 Å². The molecule has 0 N–H and O–H groups in total. The van der Waals surface area contributed by atoms with Crippen LogP contribution in [0.15, 0.2) is 23.4 Å². The van der Waals surface area contributed by atoms with Crippen LogP contribution >= 0.6 is 11.8 Å². The molecule has 0 spiro atoms. The number of halogens is 5. The van der Waals surface area contributed by atoms with Gasteiger partial charge in [0.1, 0.15) is 0 Å². The molecule has 0 saturated carbocycles. The van der Waals surface area contributed by atoms with Crippen LogP contribution in [0, 0.1) is 11.6 Å². The summed E-state index contributed by atoms with van der Waals surface area (Å²) in [6.45, 7) is 0. The summed E-state index contributed by atoms with van der Waals surface area (Å²) in [5.41, 5.74) is 0.314. The Morgan fingerprint density at radius 1 is 1.24 bits per heavy atom. The van der Waals surface area contributed by atoms with Gasteiger partial charge in [-0.25, -0.2) is 22.8 Å². The van der Waals surface area contributed by atoms with Gasteiger partial charge in [0, 0.05) is 6.42 Å². The van der Waals surface area contributed by atoms with Crippen LogP contribution in [0.3, 0.4) is 0 Å². The van der Waals surface area contributed by atoms with Crippen LogP contribution in [0.25, 0.3) is 0 Å². The minimum Gasteiger partial charge on any atom is -0.239 e. The molecule has 1 aromatic carbocycles. The zero-order valence-electron chi connectivity index (χ0n) is 10.3. The second-order valence-electron chi connectivity index (χ2n) is 4.47. The molecule has 0 amide bonds. The van der Waals surface area contributed by atoms with Crippen LogP contribution in [-0.2, 0) is 0 Å². The molecule has 0 aliphatic carbocycles. The number of hydrogen-bond donors (Lipinski definition) is 0. The van der Waals surface area contributed by atoms with Crippen molar-refractivity contribution in [1.29, 1.82) is 0 Å². The van der Waals surface area contributed by atoms with E-state index in [2.05, 4.69) is 10.1 Å². The fourth-order valence-corrected chi connectivity index (χ4v) is 2.73. The summed E-state index contributed by atoms with van der Waals surface area (Å²) in [5, 5.41) is 3.58. The summed E-state index contributed by atoms with van der Waals surface area (Å²) in [7, 11) is 0. The molecular formula is C12H8F5N3S. The Morgan fingerprint density at radius 3 is 2.67 bits per heavy atom. The molecule has 2 aromatic rings. The molecule has 0 unspecified atom stereocenters. The SMILES string of the molecule is Fc1ccc([C@@H]2C[C@H](F)c3nc(SC(F)F)nn32)cc1F. The summed E-state index contributed by atoms with van der Waals surface area (Å²) in [5.74, 6) is -4.86. The summed E-state index contributed by atoms with van der Waals surface area (Å²) < 4.78 is 65.8. The fraction of sp³-hybridized carbons (Fsp3) is 0.333. The van der Waals surface area contributed by atoms with Gasteiger partial charge in [0.2, 0.25) is 5.16 Å². The van der Waals surface area contributed by atoms with E-state index < -0.39 is 29.6 Å². The first-order valence-electron chi connectivity index (χ1n) is 5.96. The van der Waals surface area contributed by atoms with Crippen molar-refractivity contribution < 1.29 is 22.0 Å². The van der Waals surface area contributed by atoms with E-state index in [1.807, 2.05) is 0 Å². The molecular weight excluding hydrogens is 313 g/mol. The lowest BCUT2D eigenvalue weighted by Gasteiger charge is -2.12.